The average Bonchev–Trinajstić information content (AvgIpc) is 3.16. The van der Waals surface area contributed by atoms with Crippen molar-refractivity contribution in [2.75, 3.05) is 16.9 Å². The van der Waals surface area contributed by atoms with Crippen LogP contribution < -0.4 is 10.6 Å². The van der Waals surface area contributed by atoms with E-state index in [9.17, 15) is 4.79 Å². The zero-order chi connectivity index (χ0) is 19.7. The van der Waals surface area contributed by atoms with Crippen molar-refractivity contribution in [2.24, 2.45) is 5.92 Å². The van der Waals surface area contributed by atoms with Gasteiger partial charge in [-0.15, -0.1) is 11.8 Å². The molecule has 0 saturated heterocycles. The molecule has 4 rings (SSSR count). The molecule has 0 unspecified atom stereocenters. The molecule has 1 aliphatic rings. The van der Waals surface area contributed by atoms with Crippen molar-refractivity contribution in [3.8, 4) is 0 Å². The van der Waals surface area contributed by atoms with Gasteiger partial charge in [-0.2, -0.15) is 10.1 Å². The highest BCUT2D eigenvalue weighted by molar-refractivity contribution is 7.98. The number of amides is 1. The fraction of sp³-hybridized carbons (Fsp3) is 0.250. The zero-order valence-corrected chi connectivity index (χ0v) is 17.0. The van der Waals surface area contributed by atoms with Crippen LogP contribution in [0, 0.1) is 5.92 Å². The number of rotatable bonds is 4. The Kier molecular flexibility index (Phi) is 5.28. The van der Waals surface area contributed by atoms with Gasteiger partial charge < -0.3 is 10.6 Å². The van der Waals surface area contributed by atoms with Crippen molar-refractivity contribution < 1.29 is 4.79 Å². The Balaban J connectivity index is 1.70. The lowest BCUT2D eigenvalue weighted by Crippen LogP contribution is -2.46. The summed E-state index contributed by atoms with van der Waals surface area (Å²) in [5.41, 5.74) is 1.73. The van der Waals surface area contributed by atoms with Gasteiger partial charge in [-0.25, -0.2) is 4.68 Å². The summed E-state index contributed by atoms with van der Waals surface area (Å²) in [6, 6.07) is 15.0. The maximum absolute atomic E-state index is 13.3. The number of fused-ring (bicyclic) bond motifs is 1. The second-order valence-corrected chi connectivity index (χ2v) is 8.02. The van der Waals surface area contributed by atoms with Gasteiger partial charge in [-0.05, 0) is 55.1 Å². The van der Waals surface area contributed by atoms with E-state index in [4.69, 9.17) is 11.6 Å². The third-order valence-electron chi connectivity index (χ3n) is 4.94. The largest absolute Gasteiger partial charge is 0.351 e. The number of benzene rings is 2. The molecule has 2 heterocycles. The number of anilines is 2. The van der Waals surface area contributed by atoms with Gasteiger partial charge in [0.25, 0.3) is 0 Å². The molecule has 3 aromatic rings. The first-order valence-electron chi connectivity index (χ1n) is 8.93. The molecular formula is C20H20ClN5OS. The van der Waals surface area contributed by atoms with E-state index in [-0.39, 0.29) is 23.9 Å². The second kappa shape index (κ2) is 7.85. The van der Waals surface area contributed by atoms with Gasteiger partial charge in [0, 0.05) is 21.6 Å². The summed E-state index contributed by atoms with van der Waals surface area (Å²) in [6.45, 7) is 1.99. The van der Waals surface area contributed by atoms with Crippen molar-refractivity contribution in [1.82, 2.24) is 14.8 Å². The molecule has 28 heavy (non-hydrogen) atoms. The fourth-order valence-electron chi connectivity index (χ4n) is 3.55. The molecule has 1 aliphatic heterocycles. The minimum Gasteiger partial charge on any atom is -0.351 e. The van der Waals surface area contributed by atoms with Gasteiger partial charge in [0.05, 0.1) is 12.0 Å². The summed E-state index contributed by atoms with van der Waals surface area (Å²) in [5.74, 6) is 0.217. The number of halogens is 1. The Labute approximate surface area is 172 Å². The van der Waals surface area contributed by atoms with Gasteiger partial charge in [0.2, 0.25) is 11.9 Å². The topological polar surface area (TPSA) is 71.8 Å². The normalized spacial score (nSPS) is 20.9. The molecule has 8 heteroatoms. The minimum absolute atomic E-state index is 0.0811. The highest BCUT2D eigenvalue weighted by Crippen LogP contribution is 2.37. The molecule has 0 fully saturated rings. The quantitative estimate of drug-likeness (QED) is 0.623. The Morgan fingerprint density at radius 2 is 1.89 bits per heavy atom. The number of hydrogen-bond donors (Lipinski definition) is 2. The number of carbonyl (C=O) groups is 1. The lowest BCUT2D eigenvalue weighted by molar-refractivity contribution is -0.121. The molecule has 1 amide bonds. The van der Waals surface area contributed by atoms with E-state index in [2.05, 4.69) is 45.0 Å². The molecule has 0 radical (unpaired) electrons. The molecule has 144 valence electrons. The Morgan fingerprint density at radius 1 is 1.18 bits per heavy atom. The predicted molar refractivity (Wildman–Crippen MR) is 113 cm³/mol. The van der Waals surface area contributed by atoms with Gasteiger partial charge in [0.1, 0.15) is 6.33 Å². The van der Waals surface area contributed by atoms with Crippen LogP contribution in [0.5, 0.6) is 0 Å². The van der Waals surface area contributed by atoms with E-state index < -0.39 is 0 Å². The Morgan fingerprint density at radius 3 is 2.57 bits per heavy atom. The summed E-state index contributed by atoms with van der Waals surface area (Å²) in [7, 11) is 0. The van der Waals surface area contributed by atoms with Gasteiger partial charge in [0.15, 0.2) is 0 Å². The van der Waals surface area contributed by atoms with Crippen LogP contribution >= 0.6 is 23.4 Å². The van der Waals surface area contributed by atoms with E-state index in [1.54, 1.807) is 40.7 Å². The van der Waals surface area contributed by atoms with Crippen LogP contribution in [0.15, 0.2) is 59.8 Å². The predicted octanol–water partition coefficient (Wildman–Crippen LogP) is 4.31. The van der Waals surface area contributed by atoms with Crippen LogP contribution in [-0.2, 0) is 4.79 Å². The molecule has 0 bridgehead atoms. The van der Waals surface area contributed by atoms with E-state index in [1.807, 2.05) is 13.2 Å². The monoisotopic (exact) mass is 413 g/mol. The Hall–Kier alpha value is -2.51. The summed E-state index contributed by atoms with van der Waals surface area (Å²) in [5, 5.41) is 11.3. The lowest BCUT2D eigenvalue weighted by Gasteiger charge is -2.36. The molecule has 3 atom stereocenters. The number of nitrogens with one attached hydrogen (secondary N) is 2. The molecule has 1 aromatic heterocycles. The van der Waals surface area contributed by atoms with Crippen LogP contribution in [-0.4, -0.2) is 33.0 Å². The van der Waals surface area contributed by atoms with Crippen molar-refractivity contribution in [2.45, 2.75) is 23.9 Å². The van der Waals surface area contributed by atoms with Crippen molar-refractivity contribution in [3.05, 3.63) is 65.4 Å². The first-order valence-corrected chi connectivity index (χ1v) is 10.5. The number of nitrogens with zero attached hydrogens (tertiary/aromatic N) is 3. The average molecular weight is 414 g/mol. The minimum atomic E-state index is -0.370. The standard InChI is InChI=1S/C20H20ClN5OS/c1-12-17(19(27)25-15-7-5-14(21)6-8-15)18(26-20(24-12)22-11-23-26)13-3-9-16(28-2)10-4-13/h3-12,17-18H,1-2H3,(H,25,27)(H,22,23,24)/t12-,17-,18+/m0/s1. The number of aromatic nitrogens is 3. The smallest absolute Gasteiger partial charge is 0.232 e. The zero-order valence-electron chi connectivity index (χ0n) is 15.5. The van der Waals surface area contributed by atoms with Gasteiger partial charge >= 0.3 is 0 Å². The van der Waals surface area contributed by atoms with Crippen LogP contribution in [0.1, 0.15) is 18.5 Å². The summed E-state index contributed by atoms with van der Waals surface area (Å²) < 4.78 is 1.79. The fourth-order valence-corrected chi connectivity index (χ4v) is 4.09. The van der Waals surface area contributed by atoms with Gasteiger partial charge in [-0.1, -0.05) is 23.7 Å². The molecule has 2 N–H and O–H groups in total. The van der Waals surface area contributed by atoms with E-state index in [0.29, 0.717) is 16.7 Å². The number of carbonyl (C=O) groups excluding carboxylic acids is 1. The summed E-state index contributed by atoms with van der Waals surface area (Å²) in [4.78, 5) is 18.7. The molecular weight excluding hydrogens is 394 g/mol. The number of thioether (sulfide) groups is 1. The lowest BCUT2D eigenvalue weighted by atomic mass is 9.85. The molecule has 0 spiro atoms. The maximum atomic E-state index is 13.3. The summed E-state index contributed by atoms with van der Waals surface area (Å²) in [6.07, 6.45) is 3.55. The van der Waals surface area contributed by atoms with Crippen LogP contribution in [0.4, 0.5) is 11.6 Å². The van der Waals surface area contributed by atoms with E-state index in [0.717, 1.165) is 5.56 Å². The second-order valence-electron chi connectivity index (χ2n) is 6.70. The molecule has 6 nitrogen and oxygen atoms in total. The van der Waals surface area contributed by atoms with Crippen molar-refractivity contribution in [3.63, 3.8) is 0 Å². The van der Waals surface area contributed by atoms with Crippen molar-refractivity contribution >= 4 is 40.9 Å². The SMILES string of the molecule is CSc1ccc([C@@H]2[C@@H](C(=O)Nc3ccc(Cl)cc3)[C@H](C)Nc3ncnn32)cc1. The van der Waals surface area contributed by atoms with E-state index in [1.165, 1.54) is 11.2 Å². The molecule has 2 aromatic carbocycles. The van der Waals surface area contributed by atoms with Crippen LogP contribution in [0.2, 0.25) is 5.02 Å². The third kappa shape index (κ3) is 3.59. The van der Waals surface area contributed by atoms with Gasteiger partial charge in [-0.3, -0.25) is 4.79 Å². The van der Waals surface area contributed by atoms with E-state index >= 15 is 0 Å². The third-order valence-corrected chi connectivity index (χ3v) is 5.94. The van der Waals surface area contributed by atoms with Crippen LogP contribution in [0.3, 0.4) is 0 Å². The summed E-state index contributed by atoms with van der Waals surface area (Å²) >= 11 is 7.63. The Bertz CT molecular complexity index is 973. The highest BCUT2D eigenvalue weighted by atomic mass is 35.5. The van der Waals surface area contributed by atoms with Crippen LogP contribution in [0.25, 0.3) is 0 Å². The number of hydrogen-bond acceptors (Lipinski definition) is 5. The molecule has 0 saturated carbocycles. The molecule has 0 aliphatic carbocycles. The maximum Gasteiger partial charge on any atom is 0.232 e. The van der Waals surface area contributed by atoms with Crippen molar-refractivity contribution in [1.29, 1.82) is 0 Å². The highest BCUT2D eigenvalue weighted by Gasteiger charge is 2.41. The first kappa shape index (κ1) is 18.8. The first-order chi connectivity index (χ1) is 13.6.